The lowest BCUT2D eigenvalue weighted by atomic mass is 9.91. The van der Waals surface area contributed by atoms with Crippen LogP contribution in [0, 0.1) is 0 Å². The van der Waals surface area contributed by atoms with E-state index in [1.54, 1.807) is 0 Å². The summed E-state index contributed by atoms with van der Waals surface area (Å²) in [4.78, 5) is 15.4. The van der Waals surface area contributed by atoms with Gasteiger partial charge in [-0.25, -0.2) is 15.0 Å². The number of hydrogen-bond acceptors (Lipinski definition) is 4. The van der Waals surface area contributed by atoms with E-state index < -0.39 is 0 Å². The Labute approximate surface area is 294 Å². The fourth-order valence-electron chi connectivity index (χ4n) is 7.29. The van der Waals surface area contributed by atoms with Crippen molar-refractivity contribution in [2.75, 3.05) is 0 Å². The fourth-order valence-corrected chi connectivity index (χ4v) is 7.29. The molecule has 0 unspecified atom stereocenters. The highest BCUT2D eigenvalue weighted by Gasteiger charge is 2.19. The molecule has 0 amide bonds. The van der Waals surface area contributed by atoms with Crippen molar-refractivity contribution < 1.29 is 4.42 Å². The van der Waals surface area contributed by atoms with Crippen molar-refractivity contribution >= 4 is 43.5 Å². The SMILES string of the molecule is c1ccc(-c2ccc3c(-c4cc(-c5nc(-c6ccccc6)nc(-c6cccc7oc8ccccc8c67)n5)cc5ccccc45)cccc3c2)cc1. The zero-order valence-electron chi connectivity index (χ0n) is 27.5. The molecule has 0 aliphatic carbocycles. The van der Waals surface area contributed by atoms with Gasteiger partial charge < -0.3 is 4.42 Å². The maximum Gasteiger partial charge on any atom is 0.164 e. The third-order valence-corrected chi connectivity index (χ3v) is 9.71. The normalized spacial score (nSPS) is 11.5. The molecule has 0 spiro atoms. The Morgan fingerprint density at radius 2 is 0.882 bits per heavy atom. The molecule has 0 N–H and O–H groups in total. The molecule has 0 radical (unpaired) electrons. The molecule has 238 valence electrons. The Kier molecular flexibility index (Phi) is 6.78. The molecule has 2 heterocycles. The minimum Gasteiger partial charge on any atom is -0.456 e. The number of nitrogens with zero attached hydrogens (tertiary/aromatic N) is 3. The van der Waals surface area contributed by atoms with Crippen LogP contribution < -0.4 is 0 Å². The third kappa shape index (κ3) is 5.04. The second kappa shape index (κ2) is 11.9. The number of benzene rings is 8. The van der Waals surface area contributed by atoms with E-state index in [-0.39, 0.29) is 0 Å². The molecule has 0 saturated carbocycles. The Bertz CT molecular complexity index is 2910. The molecule has 4 nitrogen and oxygen atoms in total. The van der Waals surface area contributed by atoms with Gasteiger partial charge in [-0.1, -0.05) is 146 Å². The Morgan fingerprint density at radius 3 is 1.71 bits per heavy atom. The van der Waals surface area contributed by atoms with Crippen LogP contribution in [-0.4, -0.2) is 15.0 Å². The second-order valence-corrected chi connectivity index (χ2v) is 12.8. The molecular weight excluding hydrogens is 623 g/mol. The van der Waals surface area contributed by atoms with Crippen molar-refractivity contribution in [2.24, 2.45) is 0 Å². The van der Waals surface area contributed by atoms with Crippen LogP contribution in [0.1, 0.15) is 0 Å². The van der Waals surface area contributed by atoms with Crippen LogP contribution in [0.2, 0.25) is 0 Å². The predicted octanol–water partition coefficient (Wildman–Crippen LogP) is 12.4. The highest BCUT2D eigenvalue weighted by atomic mass is 16.3. The Balaban J connectivity index is 1.20. The summed E-state index contributed by atoms with van der Waals surface area (Å²) in [6, 6.07) is 61.2. The summed E-state index contributed by atoms with van der Waals surface area (Å²) in [5.74, 6) is 1.83. The van der Waals surface area contributed by atoms with E-state index in [9.17, 15) is 0 Å². The zero-order chi connectivity index (χ0) is 33.7. The zero-order valence-corrected chi connectivity index (χ0v) is 27.5. The van der Waals surface area contributed by atoms with Crippen molar-refractivity contribution in [1.29, 1.82) is 0 Å². The third-order valence-electron chi connectivity index (χ3n) is 9.71. The average molecular weight is 652 g/mol. The van der Waals surface area contributed by atoms with Gasteiger partial charge in [0.15, 0.2) is 17.5 Å². The molecule has 0 aliphatic rings. The van der Waals surface area contributed by atoms with Crippen molar-refractivity contribution in [3.8, 4) is 56.4 Å². The molecule has 8 aromatic carbocycles. The van der Waals surface area contributed by atoms with Crippen LogP contribution in [0.4, 0.5) is 0 Å². The van der Waals surface area contributed by atoms with Gasteiger partial charge in [0.2, 0.25) is 0 Å². The number of fused-ring (bicyclic) bond motifs is 5. The minimum absolute atomic E-state index is 0.601. The van der Waals surface area contributed by atoms with Crippen molar-refractivity contribution in [3.05, 3.63) is 176 Å². The first-order valence-corrected chi connectivity index (χ1v) is 17.1. The topological polar surface area (TPSA) is 51.8 Å². The van der Waals surface area contributed by atoms with Crippen molar-refractivity contribution in [1.82, 2.24) is 15.0 Å². The first-order chi connectivity index (χ1) is 25.3. The summed E-state index contributed by atoms with van der Waals surface area (Å²) in [5.41, 5.74) is 9.09. The van der Waals surface area contributed by atoms with Crippen LogP contribution in [0.25, 0.3) is 99.9 Å². The number of para-hydroxylation sites is 1. The fraction of sp³-hybridized carbons (Fsp3) is 0. The summed E-state index contributed by atoms with van der Waals surface area (Å²) in [7, 11) is 0. The van der Waals surface area contributed by atoms with Crippen molar-refractivity contribution in [3.63, 3.8) is 0 Å². The maximum atomic E-state index is 6.25. The van der Waals surface area contributed by atoms with Gasteiger partial charge >= 0.3 is 0 Å². The van der Waals surface area contributed by atoms with Gasteiger partial charge in [-0.05, 0) is 74.1 Å². The molecule has 4 heteroatoms. The first kappa shape index (κ1) is 29.0. The van der Waals surface area contributed by atoms with E-state index in [0.717, 1.165) is 55.1 Å². The maximum absolute atomic E-state index is 6.25. The smallest absolute Gasteiger partial charge is 0.164 e. The first-order valence-electron chi connectivity index (χ1n) is 17.1. The lowest BCUT2D eigenvalue weighted by molar-refractivity contribution is 0.669. The molecule has 10 aromatic rings. The highest BCUT2D eigenvalue weighted by molar-refractivity contribution is 6.12. The van der Waals surface area contributed by atoms with Crippen LogP contribution in [-0.2, 0) is 0 Å². The van der Waals surface area contributed by atoms with Gasteiger partial charge in [-0.2, -0.15) is 0 Å². The van der Waals surface area contributed by atoms with Gasteiger partial charge in [-0.15, -0.1) is 0 Å². The molecule has 0 bridgehead atoms. The quantitative estimate of drug-likeness (QED) is 0.186. The highest BCUT2D eigenvalue weighted by Crippen LogP contribution is 2.40. The van der Waals surface area contributed by atoms with E-state index >= 15 is 0 Å². The summed E-state index contributed by atoms with van der Waals surface area (Å²) in [5, 5.41) is 6.71. The van der Waals surface area contributed by atoms with E-state index in [4.69, 9.17) is 19.4 Å². The molecule has 0 fully saturated rings. The number of rotatable bonds is 5. The number of hydrogen-bond donors (Lipinski definition) is 0. The molecular formula is C47H29N3O. The van der Waals surface area contributed by atoms with E-state index in [1.165, 1.54) is 27.3 Å². The van der Waals surface area contributed by atoms with Gasteiger partial charge in [-0.3, -0.25) is 0 Å². The standard InChI is InChI=1S/C47H29N3O/c1-3-13-30(14-4-1)32-25-26-37-34(27-32)18-11-21-38(37)41-29-35(28-33-17-7-8-19-36(33)41)46-48-45(31-15-5-2-6-16-31)49-47(50-46)40-22-12-24-43-44(40)39-20-9-10-23-42(39)51-43/h1-29H. The summed E-state index contributed by atoms with van der Waals surface area (Å²) >= 11 is 0. The lowest BCUT2D eigenvalue weighted by Gasteiger charge is -2.14. The summed E-state index contributed by atoms with van der Waals surface area (Å²) in [6.45, 7) is 0. The molecule has 0 saturated heterocycles. The number of furan rings is 1. The Hall–Kier alpha value is -6.91. The van der Waals surface area contributed by atoms with E-state index in [2.05, 4.69) is 115 Å². The van der Waals surface area contributed by atoms with Gasteiger partial charge in [0.1, 0.15) is 11.2 Å². The lowest BCUT2D eigenvalue weighted by Crippen LogP contribution is -2.01. The molecule has 51 heavy (non-hydrogen) atoms. The van der Waals surface area contributed by atoms with Crippen LogP contribution in [0.5, 0.6) is 0 Å². The minimum atomic E-state index is 0.601. The Morgan fingerprint density at radius 1 is 0.314 bits per heavy atom. The van der Waals surface area contributed by atoms with Crippen LogP contribution >= 0.6 is 0 Å². The van der Waals surface area contributed by atoms with Gasteiger partial charge in [0, 0.05) is 27.5 Å². The van der Waals surface area contributed by atoms with Crippen LogP contribution in [0.15, 0.2) is 180 Å². The molecule has 0 atom stereocenters. The largest absolute Gasteiger partial charge is 0.456 e. The molecule has 0 aliphatic heterocycles. The second-order valence-electron chi connectivity index (χ2n) is 12.8. The summed E-state index contributed by atoms with van der Waals surface area (Å²) in [6.07, 6.45) is 0. The van der Waals surface area contributed by atoms with Gasteiger partial charge in [0.05, 0.1) is 0 Å². The summed E-state index contributed by atoms with van der Waals surface area (Å²) < 4.78 is 6.25. The van der Waals surface area contributed by atoms with E-state index in [1.807, 2.05) is 60.7 Å². The molecule has 2 aromatic heterocycles. The molecule has 10 rings (SSSR count). The van der Waals surface area contributed by atoms with E-state index in [0.29, 0.717) is 17.5 Å². The van der Waals surface area contributed by atoms with Crippen LogP contribution in [0.3, 0.4) is 0 Å². The monoisotopic (exact) mass is 651 g/mol. The predicted molar refractivity (Wildman–Crippen MR) is 209 cm³/mol. The average Bonchev–Trinajstić information content (AvgIpc) is 3.59. The van der Waals surface area contributed by atoms with Gasteiger partial charge in [0.25, 0.3) is 0 Å². The number of aromatic nitrogens is 3. The van der Waals surface area contributed by atoms with Crippen molar-refractivity contribution in [2.45, 2.75) is 0 Å².